The molecule has 0 unspecified atom stereocenters. The lowest BCUT2D eigenvalue weighted by Gasteiger charge is -2.10. The zero-order valence-electron chi connectivity index (χ0n) is 11.4. The summed E-state index contributed by atoms with van der Waals surface area (Å²) in [5.74, 6) is 0.983. The summed E-state index contributed by atoms with van der Waals surface area (Å²) in [4.78, 5) is 0. The molecular weight excluding hydrogens is 270 g/mol. The van der Waals surface area contributed by atoms with E-state index in [1.54, 1.807) is 11.8 Å². The van der Waals surface area contributed by atoms with Crippen LogP contribution in [0.4, 0.5) is 5.69 Å². The van der Waals surface area contributed by atoms with Crippen molar-refractivity contribution in [3.05, 3.63) is 29.8 Å². The molecule has 0 spiro atoms. The summed E-state index contributed by atoms with van der Waals surface area (Å²) in [5, 5.41) is 13.1. The molecule has 0 bridgehead atoms. The van der Waals surface area contributed by atoms with Crippen molar-refractivity contribution in [2.24, 2.45) is 0 Å². The van der Waals surface area contributed by atoms with Crippen LogP contribution in [0.3, 0.4) is 0 Å². The first-order valence-electron chi connectivity index (χ1n) is 7.08. The van der Waals surface area contributed by atoms with Gasteiger partial charge in [-0.05, 0) is 47.4 Å². The van der Waals surface area contributed by atoms with Crippen molar-refractivity contribution in [3.63, 3.8) is 0 Å². The third kappa shape index (κ3) is 3.12. The molecule has 0 atom stereocenters. The highest BCUT2D eigenvalue weighted by molar-refractivity contribution is 7.99. The first-order chi connectivity index (χ1) is 9.83. The number of nitrogens with two attached hydrogens (primary N) is 1. The topological polar surface area (TPSA) is 69.6 Å². The van der Waals surface area contributed by atoms with E-state index in [-0.39, 0.29) is 0 Å². The molecule has 1 fully saturated rings. The molecule has 1 aromatic heterocycles. The van der Waals surface area contributed by atoms with E-state index in [1.807, 2.05) is 16.8 Å². The van der Waals surface area contributed by atoms with Crippen molar-refractivity contribution in [1.29, 1.82) is 0 Å². The average Bonchev–Trinajstić information content (AvgIpc) is 3.11. The van der Waals surface area contributed by atoms with Gasteiger partial charge >= 0.3 is 0 Å². The Labute approximate surface area is 122 Å². The van der Waals surface area contributed by atoms with Crippen LogP contribution in [0.25, 0.3) is 0 Å². The van der Waals surface area contributed by atoms with E-state index in [1.165, 1.54) is 31.2 Å². The second kappa shape index (κ2) is 6.26. The molecule has 1 aliphatic rings. The number of tetrazole rings is 1. The number of nitrogen functional groups attached to an aromatic ring is 1. The van der Waals surface area contributed by atoms with E-state index < -0.39 is 0 Å². The minimum Gasteiger partial charge on any atom is -0.399 e. The van der Waals surface area contributed by atoms with Crippen molar-refractivity contribution in [2.45, 2.75) is 43.3 Å². The summed E-state index contributed by atoms with van der Waals surface area (Å²) in [6.45, 7) is 0. The number of rotatable bonds is 5. The summed E-state index contributed by atoms with van der Waals surface area (Å²) in [6, 6.07) is 8.56. The second-order valence-corrected chi connectivity index (χ2v) is 6.25. The molecule has 1 saturated carbocycles. The molecule has 2 N–H and O–H groups in total. The van der Waals surface area contributed by atoms with Crippen LogP contribution in [0, 0.1) is 0 Å². The normalized spacial score (nSPS) is 15.8. The van der Waals surface area contributed by atoms with E-state index in [4.69, 9.17) is 5.73 Å². The Kier molecular flexibility index (Phi) is 4.20. The second-order valence-electron chi connectivity index (χ2n) is 5.18. The Morgan fingerprint density at radius 1 is 1.20 bits per heavy atom. The molecule has 2 aromatic rings. The molecule has 1 aromatic carbocycles. The van der Waals surface area contributed by atoms with Gasteiger partial charge in [0.2, 0.25) is 5.16 Å². The van der Waals surface area contributed by atoms with Crippen LogP contribution in [-0.2, 0) is 6.42 Å². The van der Waals surface area contributed by atoms with Crippen LogP contribution < -0.4 is 5.73 Å². The van der Waals surface area contributed by atoms with Crippen LogP contribution in [0.2, 0.25) is 0 Å². The quantitative estimate of drug-likeness (QED) is 0.677. The molecule has 0 aliphatic heterocycles. The average molecular weight is 289 g/mol. The van der Waals surface area contributed by atoms with E-state index in [0.717, 1.165) is 23.0 Å². The summed E-state index contributed by atoms with van der Waals surface area (Å²) in [5.41, 5.74) is 7.80. The van der Waals surface area contributed by atoms with Gasteiger partial charge in [-0.15, -0.1) is 5.10 Å². The van der Waals surface area contributed by atoms with Gasteiger partial charge in [0.1, 0.15) is 0 Å². The fraction of sp³-hybridized carbons (Fsp3) is 0.500. The molecule has 0 amide bonds. The predicted molar refractivity (Wildman–Crippen MR) is 80.6 cm³/mol. The van der Waals surface area contributed by atoms with Crippen LogP contribution in [0.1, 0.15) is 37.3 Å². The maximum Gasteiger partial charge on any atom is 0.209 e. The molecule has 106 valence electrons. The lowest BCUT2D eigenvalue weighted by Crippen LogP contribution is -2.08. The Hall–Kier alpha value is -1.56. The molecule has 0 radical (unpaired) electrons. The van der Waals surface area contributed by atoms with Crippen LogP contribution in [0.15, 0.2) is 29.4 Å². The number of nitrogens with zero attached hydrogens (tertiary/aromatic N) is 4. The van der Waals surface area contributed by atoms with Crippen molar-refractivity contribution < 1.29 is 0 Å². The van der Waals surface area contributed by atoms with Crippen molar-refractivity contribution in [2.75, 3.05) is 11.5 Å². The SMILES string of the molecule is Nc1ccc(CCSc2nnnn2C2CCCC2)cc1. The standard InChI is InChI=1S/C14H19N5S/c15-12-7-5-11(6-8-12)9-10-20-14-16-17-18-19(14)13-3-1-2-4-13/h5-8,13H,1-4,9-10,15H2. The Morgan fingerprint density at radius 2 is 1.95 bits per heavy atom. The number of hydrogen-bond donors (Lipinski definition) is 1. The fourth-order valence-corrected chi connectivity index (χ4v) is 3.54. The number of aromatic nitrogens is 4. The molecule has 0 saturated heterocycles. The minimum atomic E-state index is 0.504. The van der Waals surface area contributed by atoms with Gasteiger partial charge in [-0.25, -0.2) is 4.68 Å². The lowest BCUT2D eigenvalue weighted by atomic mass is 10.2. The lowest BCUT2D eigenvalue weighted by molar-refractivity contribution is 0.423. The van der Waals surface area contributed by atoms with Crippen molar-refractivity contribution in [1.82, 2.24) is 20.2 Å². The highest BCUT2D eigenvalue weighted by Gasteiger charge is 2.21. The summed E-state index contributed by atoms with van der Waals surface area (Å²) >= 11 is 1.74. The van der Waals surface area contributed by atoms with E-state index in [2.05, 4.69) is 27.7 Å². The van der Waals surface area contributed by atoms with Gasteiger partial charge in [0, 0.05) is 11.4 Å². The number of hydrogen-bond acceptors (Lipinski definition) is 5. The van der Waals surface area contributed by atoms with Gasteiger partial charge in [0.05, 0.1) is 6.04 Å². The van der Waals surface area contributed by atoms with Crippen LogP contribution >= 0.6 is 11.8 Å². The fourth-order valence-electron chi connectivity index (χ4n) is 2.60. The van der Waals surface area contributed by atoms with Gasteiger partial charge in [0.25, 0.3) is 0 Å². The smallest absolute Gasteiger partial charge is 0.209 e. The highest BCUT2D eigenvalue weighted by Crippen LogP contribution is 2.31. The Balaban J connectivity index is 1.56. The predicted octanol–water partition coefficient (Wildman–Crippen LogP) is 2.71. The maximum atomic E-state index is 5.69. The number of thioether (sulfide) groups is 1. The van der Waals surface area contributed by atoms with Gasteiger partial charge in [-0.3, -0.25) is 0 Å². The molecule has 6 heteroatoms. The van der Waals surface area contributed by atoms with Gasteiger partial charge in [-0.2, -0.15) is 0 Å². The maximum absolute atomic E-state index is 5.69. The van der Waals surface area contributed by atoms with E-state index >= 15 is 0 Å². The first-order valence-corrected chi connectivity index (χ1v) is 8.06. The third-order valence-corrected chi connectivity index (χ3v) is 4.67. The van der Waals surface area contributed by atoms with E-state index in [9.17, 15) is 0 Å². The van der Waals surface area contributed by atoms with E-state index in [0.29, 0.717) is 6.04 Å². The van der Waals surface area contributed by atoms with Gasteiger partial charge < -0.3 is 5.73 Å². The molecular formula is C14H19N5S. The minimum absolute atomic E-state index is 0.504. The largest absolute Gasteiger partial charge is 0.399 e. The summed E-state index contributed by atoms with van der Waals surface area (Å²) < 4.78 is 2.01. The van der Waals surface area contributed by atoms with Crippen LogP contribution in [-0.4, -0.2) is 26.0 Å². The number of benzene rings is 1. The van der Waals surface area contributed by atoms with Gasteiger partial charge in [0.15, 0.2) is 0 Å². The molecule has 3 rings (SSSR count). The molecule has 5 nitrogen and oxygen atoms in total. The van der Waals surface area contributed by atoms with Gasteiger partial charge in [-0.1, -0.05) is 36.7 Å². The zero-order chi connectivity index (χ0) is 13.8. The number of anilines is 1. The van der Waals surface area contributed by atoms with Crippen molar-refractivity contribution >= 4 is 17.4 Å². The summed E-state index contributed by atoms with van der Waals surface area (Å²) in [7, 11) is 0. The number of aryl methyl sites for hydroxylation is 1. The first kappa shape index (κ1) is 13.4. The molecule has 20 heavy (non-hydrogen) atoms. The zero-order valence-corrected chi connectivity index (χ0v) is 12.2. The highest BCUT2D eigenvalue weighted by atomic mass is 32.2. The molecule has 1 heterocycles. The monoisotopic (exact) mass is 289 g/mol. The summed E-state index contributed by atoms with van der Waals surface area (Å²) in [6.07, 6.45) is 6.00. The van der Waals surface area contributed by atoms with Crippen molar-refractivity contribution in [3.8, 4) is 0 Å². The third-order valence-electron chi connectivity index (χ3n) is 3.73. The Morgan fingerprint density at radius 3 is 2.70 bits per heavy atom. The Bertz CT molecular complexity index is 545. The molecule has 1 aliphatic carbocycles. The van der Waals surface area contributed by atoms with Crippen LogP contribution in [0.5, 0.6) is 0 Å².